The SMILES string of the molecule is CN(C)C(=O)c1cccc(NC(=O)Nc2ccc(C[C@@H](CO)NC[C@H](O)COc3ccccc3)cc2)c1.O=C(O)C(F)(F)F. The van der Waals surface area contributed by atoms with Crippen molar-refractivity contribution in [2.45, 2.75) is 24.7 Å². The minimum absolute atomic E-state index is 0.0932. The van der Waals surface area contributed by atoms with Gasteiger partial charge in [-0.25, -0.2) is 9.59 Å². The number of aliphatic hydroxyl groups excluding tert-OH is 2. The molecule has 0 aromatic heterocycles. The summed E-state index contributed by atoms with van der Waals surface area (Å²) in [6.45, 7) is 0.330. The van der Waals surface area contributed by atoms with Gasteiger partial charge in [0, 0.05) is 43.6 Å². The Kier molecular flexibility index (Phi) is 14.1. The molecule has 0 fully saturated rings. The third-order valence-corrected chi connectivity index (χ3v) is 5.76. The molecule has 3 aromatic rings. The molecule has 44 heavy (non-hydrogen) atoms. The Balaban J connectivity index is 0.000000860. The normalized spacial score (nSPS) is 12.2. The number of carboxylic acid groups (broad SMARTS) is 1. The molecule has 3 rings (SSSR count). The minimum atomic E-state index is -5.08. The fraction of sp³-hybridized carbons (Fsp3) is 0.300. The maximum atomic E-state index is 12.4. The molecule has 0 heterocycles. The lowest BCUT2D eigenvalue weighted by atomic mass is 10.1. The van der Waals surface area contributed by atoms with E-state index in [1.165, 1.54) is 4.90 Å². The van der Waals surface area contributed by atoms with Crippen molar-refractivity contribution in [1.82, 2.24) is 10.2 Å². The van der Waals surface area contributed by atoms with Crippen LogP contribution in [0.3, 0.4) is 0 Å². The first-order valence-corrected chi connectivity index (χ1v) is 13.3. The molecule has 0 aliphatic carbocycles. The van der Waals surface area contributed by atoms with Crippen LogP contribution in [-0.4, -0.2) is 90.3 Å². The van der Waals surface area contributed by atoms with Gasteiger partial charge in [0.05, 0.1) is 6.61 Å². The van der Waals surface area contributed by atoms with Gasteiger partial charge in [-0.2, -0.15) is 13.2 Å². The highest BCUT2D eigenvalue weighted by Crippen LogP contribution is 2.15. The first kappa shape index (κ1) is 35.5. The van der Waals surface area contributed by atoms with Crippen molar-refractivity contribution in [2.75, 3.05) is 44.5 Å². The second kappa shape index (κ2) is 17.5. The number of hydrogen-bond donors (Lipinski definition) is 6. The number of halogens is 3. The second-order valence-corrected chi connectivity index (χ2v) is 9.63. The summed E-state index contributed by atoms with van der Waals surface area (Å²) in [7, 11) is 3.34. The lowest BCUT2D eigenvalue weighted by molar-refractivity contribution is -0.192. The predicted octanol–water partition coefficient (Wildman–Crippen LogP) is 3.60. The molecule has 0 saturated heterocycles. The fourth-order valence-electron chi connectivity index (χ4n) is 3.56. The number of rotatable bonds is 12. The van der Waals surface area contributed by atoms with E-state index in [1.54, 1.807) is 50.5 Å². The van der Waals surface area contributed by atoms with Gasteiger partial charge >= 0.3 is 18.2 Å². The number of benzene rings is 3. The maximum Gasteiger partial charge on any atom is 0.490 e. The van der Waals surface area contributed by atoms with Crippen LogP contribution in [0.25, 0.3) is 0 Å². The minimum Gasteiger partial charge on any atom is -0.491 e. The zero-order chi connectivity index (χ0) is 32.7. The maximum absolute atomic E-state index is 12.4. The summed E-state index contributed by atoms with van der Waals surface area (Å²) < 4.78 is 37.3. The van der Waals surface area contributed by atoms with E-state index in [2.05, 4.69) is 16.0 Å². The number of amides is 3. The van der Waals surface area contributed by atoms with Crippen molar-refractivity contribution in [3.63, 3.8) is 0 Å². The van der Waals surface area contributed by atoms with Gasteiger partial charge < -0.3 is 40.9 Å². The van der Waals surface area contributed by atoms with Gasteiger partial charge in [0.25, 0.3) is 5.91 Å². The number of aliphatic carboxylic acids is 1. The van der Waals surface area contributed by atoms with Gasteiger partial charge in [-0.15, -0.1) is 0 Å². The van der Waals surface area contributed by atoms with E-state index in [0.717, 1.165) is 5.56 Å². The number of alkyl halides is 3. The Labute approximate surface area is 252 Å². The number of carbonyl (C=O) groups excluding carboxylic acids is 2. The standard InChI is InChI=1S/C28H34N4O5.C2HF3O2/c1-32(2)27(35)21-7-6-8-23(16-21)31-28(36)30-22-13-11-20(12-14-22)15-24(18-33)29-17-25(34)19-37-26-9-4-3-5-10-26;3-2(4,5)1(6)7/h3-14,16,24-25,29,33-34H,15,17-19H2,1-2H3,(H2,30,31,36);(H,6,7)/t24-,25-;/m0./s1. The molecular weight excluding hydrogens is 585 g/mol. The molecule has 14 heteroatoms. The number of urea groups is 1. The average Bonchev–Trinajstić information content (AvgIpc) is 2.99. The zero-order valence-corrected chi connectivity index (χ0v) is 24.0. The van der Waals surface area contributed by atoms with Gasteiger partial charge in [0.1, 0.15) is 18.5 Å². The molecule has 3 aromatic carbocycles. The number of carbonyl (C=O) groups is 3. The van der Waals surface area contributed by atoms with Crippen LogP contribution in [0.5, 0.6) is 5.75 Å². The molecule has 0 radical (unpaired) electrons. The van der Waals surface area contributed by atoms with Crippen LogP contribution in [0.4, 0.5) is 29.3 Å². The Morgan fingerprint density at radius 3 is 2.09 bits per heavy atom. The van der Waals surface area contributed by atoms with E-state index < -0.39 is 24.3 Å². The van der Waals surface area contributed by atoms with E-state index in [4.69, 9.17) is 14.6 Å². The van der Waals surface area contributed by atoms with Crippen LogP contribution in [0.1, 0.15) is 15.9 Å². The Morgan fingerprint density at radius 2 is 1.52 bits per heavy atom. The largest absolute Gasteiger partial charge is 0.491 e. The number of hydrogen-bond acceptors (Lipinski definition) is 7. The molecule has 0 spiro atoms. The number of para-hydroxylation sites is 1. The number of carboxylic acids is 1. The van der Waals surface area contributed by atoms with Crippen molar-refractivity contribution in [3.8, 4) is 5.75 Å². The molecule has 0 aliphatic rings. The third-order valence-electron chi connectivity index (χ3n) is 5.76. The van der Waals surface area contributed by atoms with Gasteiger partial charge in [-0.1, -0.05) is 36.4 Å². The number of aliphatic hydroxyl groups is 2. The number of nitrogens with zero attached hydrogens (tertiary/aromatic N) is 1. The van der Waals surface area contributed by atoms with E-state index in [9.17, 15) is 33.0 Å². The van der Waals surface area contributed by atoms with Crippen LogP contribution in [0.15, 0.2) is 78.9 Å². The Morgan fingerprint density at radius 1 is 0.909 bits per heavy atom. The van der Waals surface area contributed by atoms with Gasteiger partial charge in [0.2, 0.25) is 0 Å². The van der Waals surface area contributed by atoms with E-state index in [0.29, 0.717) is 29.1 Å². The van der Waals surface area contributed by atoms with Crippen LogP contribution < -0.4 is 20.7 Å². The predicted molar refractivity (Wildman–Crippen MR) is 158 cm³/mol. The second-order valence-electron chi connectivity index (χ2n) is 9.63. The molecule has 0 saturated carbocycles. The van der Waals surface area contributed by atoms with Crippen LogP contribution >= 0.6 is 0 Å². The molecule has 238 valence electrons. The van der Waals surface area contributed by atoms with Crippen molar-refractivity contribution >= 4 is 29.3 Å². The summed E-state index contributed by atoms with van der Waals surface area (Å²) in [4.78, 5) is 34.9. The smallest absolute Gasteiger partial charge is 0.490 e. The number of nitrogens with one attached hydrogen (secondary N) is 3. The number of anilines is 2. The van der Waals surface area contributed by atoms with Crippen molar-refractivity contribution in [3.05, 3.63) is 90.0 Å². The molecule has 11 nitrogen and oxygen atoms in total. The molecule has 2 atom stereocenters. The van der Waals surface area contributed by atoms with E-state index in [-0.39, 0.29) is 31.7 Å². The van der Waals surface area contributed by atoms with E-state index >= 15 is 0 Å². The first-order valence-electron chi connectivity index (χ1n) is 13.3. The Bertz CT molecular complexity index is 1340. The van der Waals surface area contributed by atoms with E-state index in [1.807, 2.05) is 42.5 Å². The highest BCUT2D eigenvalue weighted by atomic mass is 19.4. The fourth-order valence-corrected chi connectivity index (χ4v) is 3.56. The zero-order valence-electron chi connectivity index (χ0n) is 24.0. The lowest BCUT2D eigenvalue weighted by Gasteiger charge is -2.19. The van der Waals surface area contributed by atoms with Crippen molar-refractivity contribution in [1.29, 1.82) is 0 Å². The monoisotopic (exact) mass is 620 g/mol. The lowest BCUT2D eigenvalue weighted by Crippen LogP contribution is -2.41. The van der Waals surface area contributed by atoms with Gasteiger partial charge in [-0.3, -0.25) is 4.79 Å². The Hall–Kier alpha value is -4.66. The molecule has 0 aliphatic heterocycles. The molecule has 0 bridgehead atoms. The first-order chi connectivity index (χ1) is 20.8. The summed E-state index contributed by atoms with van der Waals surface area (Å²) in [5.41, 5.74) is 2.55. The molecule has 0 unspecified atom stereocenters. The highest BCUT2D eigenvalue weighted by molar-refractivity contribution is 6.01. The van der Waals surface area contributed by atoms with Crippen LogP contribution in [0, 0.1) is 0 Å². The molecule has 3 amide bonds. The van der Waals surface area contributed by atoms with Crippen LogP contribution in [-0.2, 0) is 11.2 Å². The summed E-state index contributed by atoms with van der Waals surface area (Å²) >= 11 is 0. The van der Waals surface area contributed by atoms with Gasteiger partial charge in [0.15, 0.2) is 0 Å². The number of ether oxygens (including phenoxy) is 1. The molecular formula is C30H35F3N4O7. The summed E-state index contributed by atoms with van der Waals surface area (Å²) in [5, 5.41) is 35.7. The van der Waals surface area contributed by atoms with Crippen LogP contribution in [0.2, 0.25) is 0 Å². The highest BCUT2D eigenvalue weighted by Gasteiger charge is 2.38. The van der Waals surface area contributed by atoms with Gasteiger partial charge in [-0.05, 0) is 54.4 Å². The van der Waals surface area contributed by atoms with Crippen molar-refractivity contribution in [2.24, 2.45) is 0 Å². The summed E-state index contributed by atoms with van der Waals surface area (Å²) in [6.07, 6.45) is -5.26. The quantitative estimate of drug-likeness (QED) is 0.179. The average molecular weight is 621 g/mol. The van der Waals surface area contributed by atoms with Crippen molar-refractivity contribution < 1.29 is 47.6 Å². The molecule has 6 N–H and O–H groups in total. The third kappa shape index (κ3) is 13.1. The summed E-state index contributed by atoms with van der Waals surface area (Å²) in [5.74, 6) is -2.21. The topological polar surface area (TPSA) is 160 Å². The summed E-state index contributed by atoms with van der Waals surface area (Å²) in [6, 6.07) is 22.6.